The van der Waals surface area contributed by atoms with Crippen LogP contribution >= 0.6 is 12.4 Å². The number of rotatable bonds is 4. The quantitative estimate of drug-likeness (QED) is 0.440. The lowest BCUT2D eigenvalue weighted by Crippen LogP contribution is -2.50. The number of halogens is 5. The van der Waals surface area contributed by atoms with Crippen molar-refractivity contribution < 1.29 is 22.5 Å². The lowest BCUT2D eigenvalue weighted by atomic mass is 10.1. The largest absolute Gasteiger partial charge is 0.328 e. The second-order valence-electron chi connectivity index (χ2n) is 2.10. The van der Waals surface area contributed by atoms with Crippen LogP contribution in [0.4, 0.5) is 17.6 Å². The molecular weight excluding hydrogens is 220 g/mol. The third kappa shape index (κ3) is 4.23. The summed E-state index contributed by atoms with van der Waals surface area (Å²) in [7, 11) is 0. The molecular formula is C4H7ClF4N2O2. The number of hydrogen-bond acceptors (Lipinski definition) is 3. The van der Waals surface area contributed by atoms with Crippen molar-refractivity contribution in [2.75, 3.05) is 6.54 Å². The Bertz CT molecular complexity index is 180. The Morgan fingerprint density at radius 1 is 1.46 bits per heavy atom. The maximum absolute atomic E-state index is 12.1. The van der Waals surface area contributed by atoms with Crippen LogP contribution in [-0.2, 0) is 0 Å². The molecule has 0 amide bonds. The smallest absolute Gasteiger partial charge is 0.317 e. The molecule has 0 bridgehead atoms. The third-order valence-electron chi connectivity index (χ3n) is 1.13. The van der Waals surface area contributed by atoms with Gasteiger partial charge in [0.2, 0.25) is 6.54 Å². The molecule has 1 atom stereocenters. The van der Waals surface area contributed by atoms with E-state index >= 15 is 0 Å². The van der Waals surface area contributed by atoms with Crippen molar-refractivity contribution in [3.8, 4) is 0 Å². The number of alkyl halides is 4. The summed E-state index contributed by atoms with van der Waals surface area (Å²) in [5.41, 5.74) is 4.48. The van der Waals surface area contributed by atoms with Gasteiger partial charge in [0, 0.05) is 4.92 Å². The summed E-state index contributed by atoms with van der Waals surface area (Å²) < 4.78 is 47.2. The van der Waals surface area contributed by atoms with Gasteiger partial charge in [-0.15, -0.1) is 12.4 Å². The van der Waals surface area contributed by atoms with E-state index in [1.165, 1.54) is 0 Å². The van der Waals surface area contributed by atoms with Crippen molar-refractivity contribution in [3.05, 3.63) is 10.1 Å². The minimum atomic E-state index is -4.51. The van der Waals surface area contributed by atoms with E-state index in [4.69, 9.17) is 0 Å². The molecule has 9 heteroatoms. The van der Waals surface area contributed by atoms with Crippen LogP contribution < -0.4 is 5.73 Å². The summed E-state index contributed by atoms with van der Waals surface area (Å²) in [6.07, 6.45) is -3.98. The van der Waals surface area contributed by atoms with Gasteiger partial charge in [-0.2, -0.15) is 8.78 Å². The highest BCUT2D eigenvalue weighted by Crippen LogP contribution is 2.25. The molecule has 0 rings (SSSR count). The lowest BCUT2D eigenvalue weighted by Gasteiger charge is -2.18. The van der Waals surface area contributed by atoms with E-state index in [1.807, 2.05) is 0 Å². The predicted molar refractivity (Wildman–Crippen MR) is 38.0 cm³/mol. The normalized spacial score (nSPS) is 13.7. The number of nitro groups is 1. The van der Waals surface area contributed by atoms with E-state index in [2.05, 4.69) is 5.73 Å². The first-order valence-electron chi connectivity index (χ1n) is 2.81. The SMILES string of the molecule is Cl.NC(C[N+](=O)[O-])C(F)(F)C(F)F. The first kappa shape index (κ1) is 14.9. The van der Waals surface area contributed by atoms with Crippen LogP contribution in [0.15, 0.2) is 0 Å². The summed E-state index contributed by atoms with van der Waals surface area (Å²) in [4.78, 5) is 8.46. The van der Waals surface area contributed by atoms with Gasteiger partial charge in [0.05, 0.1) is 0 Å². The number of nitrogens with two attached hydrogens (primary N) is 1. The van der Waals surface area contributed by atoms with Gasteiger partial charge >= 0.3 is 12.3 Å². The van der Waals surface area contributed by atoms with Gasteiger partial charge in [0.1, 0.15) is 6.04 Å². The highest BCUT2D eigenvalue weighted by atomic mass is 35.5. The first-order valence-corrected chi connectivity index (χ1v) is 2.81. The summed E-state index contributed by atoms with van der Waals surface area (Å²) in [6.45, 7) is -1.38. The molecule has 0 heterocycles. The molecule has 2 N–H and O–H groups in total. The fourth-order valence-corrected chi connectivity index (χ4v) is 0.444. The topological polar surface area (TPSA) is 69.2 Å². The Morgan fingerprint density at radius 3 is 2.08 bits per heavy atom. The van der Waals surface area contributed by atoms with Gasteiger partial charge in [-0.1, -0.05) is 0 Å². The van der Waals surface area contributed by atoms with E-state index in [0.717, 1.165) is 0 Å². The zero-order valence-corrected chi connectivity index (χ0v) is 6.94. The van der Waals surface area contributed by atoms with Gasteiger partial charge in [0.25, 0.3) is 0 Å². The Balaban J connectivity index is 0. The monoisotopic (exact) mass is 226 g/mol. The molecule has 0 aliphatic heterocycles. The summed E-state index contributed by atoms with van der Waals surface area (Å²) in [5.74, 6) is -4.51. The van der Waals surface area contributed by atoms with Crippen molar-refractivity contribution in [2.45, 2.75) is 18.4 Å². The molecule has 80 valence electrons. The maximum Gasteiger partial charge on any atom is 0.328 e. The molecule has 0 fully saturated rings. The Morgan fingerprint density at radius 2 is 1.85 bits per heavy atom. The van der Waals surface area contributed by atoms with Gasteiger partial charge in [-0.25, -0.2) is 8.78 Å². The van der Waals surface area contributed by atoms with Crippen LogP contribution in [0.3, 0.4) is 0 Å². The van der Waals surface area contributed by atoms with Gasteiger partial charge < -0.3 is 5.73 Å². The Hall–Kier alpha value is -0.630. The van der Waals surface area contributed by atoms with Crippen LogP contribution in [0.5, 0.6) is 0 Å². The Kier molecular flexibility index (Phi) is 5.92. The number of hydrogen-bond donors (Lipinski definition) is 1. The molecule has 0 aliphatic carbocycles. The minimum Gasteiger partial charge on any atom is -0.317 e. The molecule has 4 nitrogen and oxygen atoms in total. The molecule has 0 aromatic heterocycles. The van der Waals surface area contributed by atoms with E-state index in [-0.39, 0.29) is 12.4 Å². The summed E-state index contributed by atoms with van der Waals surface area (Å²) in [5, 5.41) is 9.63. The van der Waals surface area contributed by atoms with Crippen LogP contribution in [-0.4, -0.2) is 29.9 Å². The highest BCUT2D eigenvalue weighted by molar-refractivity contribution is 5.85. The van der Waals surface area contributed by atoms with E-state index in [0.29, 0.717) is 0 Å². The van der Waals surface area contributed by atoms with E-state index in [9.17, 15) is 27.7 Å². The second-order valence-corrected chi connectivity index (χ2v) is 2.10. The molecule has 1 unspecified atom stereocenters. The van der Waals surface area contributed by atoms with Crippen molar-refractivity contribution in [3.63, 3.8) is 0 Å². The van der Waals surface area contributed by atoms with Crippen molar-refractivity contribution in [1.29, 1.82) is 0 Å². The fraction of sp³-hybridized carbons (Fsp3) is 1.00. The van der Waals surface area contributed by atoms with E-state index in [1.54, 1.807) is 0 Å². The van der Waals surface area contributed by atoms with Crippen LogP contribution in [0.2, 0.25) is 0 Å². The van der Waals surface area contributed by atoms with Crippen LogP contribution in [0, 0.1) is 10.1 Å². The fourth-order valence-electron chi connectivity index (χ4n) is 0.444. The first-order chi connectivity index (χ1) is 5.28. The average Bonchev–Trinajstić information content (AvgIpc) is 1.85. The standard InChI is InChI=1S/C4H6F4N2O2.ClH/c5-3(6)4(7,8)2(9)1-10(11)12;/h2-3H,1,9H2;1H. The second kappa shape index (κ2) is 5.18. The molecule has 0 spiro atoms. The highest BCUT2D eigenvalue weighted by Gasteiger charge is 2.49. The van der Waals surface area contributed by atoms with Crippen LogP contribution in [0.25, 0.3) is 0 Å². The molecule has 0 saturated heterocycles. The summed E-state index contributed by atoms with van der Waals surface area (Å²) in [6, 6.07) is -2.45. The van der Waals surface area contributed by atoms with Crippen molar-refractivity contribution >= 4 is 12.4 Å². The average molecular weight is 227 g/mol. The van der Waals surface area contributed by atoms with Crippen molar-refractivity contribution in [2.24, 2.45) is 5.73 Å². The molecule has 0 aromatic rings. The van der Waals surface area contributed by atoms with Gasteiger partial charge in [-0.3, -0.25) is 10.1 Å². The van der Waals surface area contributed by atoms with Gasteiger partial charge in [-0.05, 0) is 0 Å². The predicted octanol–water partition coefficient (Wildman–Crippen LogP) is 0.913. The van der Waals surface area contributed by atoms with Crippen LogP contribution in [0.1, 0.15) is 0 Å². The maximum atomic E-state index is 12.1. The molecule has 0 radical (unpaired) electrons. The molecule has 0 aromatic carbocycles. The zero-order valence-electron chi connectivity index (χ0n) is 6.12. The lowest BCUT2D eigenvalue weighted by molar-refractivity contribution is -0.488. The van der Waals surface area contributed by atoms with E-state index < -0.39 is 29.9 Å². The zero-order chi connectivity index (χ0) is 9.94. The van der Waals surface area contributed by atoms with Gasteiger partial charge in [0.15, 0.2) is 0 Å². The molecule has 0 aliphatic rings. The molecule has 13 heavy (non-hydrogen) atoms. The van der Waals surface area contributed by atoms with Crippen molar-refractivity contribution in [1.82, 2.24) is 0 Å². The molecule has 0 saturated carbocycles. The number of nitrogens with zero attached hydrogens (tertiary/aromatic N) is 1. The summed E-state index contributed by atoms with van der Waals surface area (Å²) >= 11 is 0. The Labute approximate surface area is 76.6 Å². The third-order valence-corrected chi connectivity index (χ3v) is 1.13. The minimum absolute atomic E-state index is 0.